The van der Waals surface area contributed by atoms with E-state index in [0.29, 0.717) is 11.5 Å². The number of benzene rings is 2. The summed E-state index contributed by atoms with van der Waals surface area (Å²) in [6.07, 6.45) is 1.59. The third kappa shape index (κ3) is 4.78. The fraction of sp³-hybridized carbons (Fsp3) is 0.143. The zero-order valence-electron chi connectivity index (χ0n) is 17.0. The van der Waals surface area contributed by atoms with Gasteiger partial charge in [-0.1, -0.05) is 11.6 Å². The van der Waals surface area contributed by atoms with Gasteiger partial charge in [0.2, 0.25) is 0 Å². The SMILES string of the molecule is CN(C)c1ncccc1NC(=O)c1cc(S(=O)(=O)N(C)c2ccc(F)cc2)ccc1Cl. The third-order valence-corrected chi connectivity index (χ3v) is 6.60. The van der Waals surface area contributed by atoms with Crippen molar-refractivity contribution in [1.82, 2.24) is 4.98 Å². The number of carbonyl (C=O) groups excluding carboxylic acids is 1. The largest absolute Gasteiger partial charge is 0.361 e. The third-order valence-electron chi connectivity index (χ3n) is 4.49. The Hall–Kier alpha value is -3.17. The highest BCUT2D eigenvalue weighted by atomic mass is 35.5. The van der Waals surface area contributed by atoms with Crippen LogP contribution in [-0.4, -0.2) is 40.5 Å². The first-order chi connectivity index (χ1) is 14.6. The van der Waals surface area contributed by atoms with Crippen molar-refractivity contribution in [3.8, 4) is 0 Å². The lowest BCUT2D eigenvalue weighted by molar-refractivity contribution is 0.102. The molecule has 10 heteroatoms. The van der Waals surface area contributed by atoms with Crippen molar-refractivity contribution in [2.45, 2.75) is 4.90 Å². The summed E-state index contributed by atoms with van der Waals surface area (Å²) in [6, 6.07) is 12.2. The summed E-state index contributed by atoms with van der Waals surface area (Å²) in [7, 11) is 0.885. The molecule has 3 rings (SSSR count). The van der Waals surface area contributed by atoms with Gasteiger partial charge < -0.3 is 10.2 Å². The van der Waals surface area contributed by atoms with E-state index < -0.39 is 21.7 Å². The van der Waals surface area contributed by atoms with Gasteiger partial charge in [0.1, 0.15) is 5.82 Å². The maximum Gasteiger partial charge on any atom is 0.264 e. The molecule has 0 unspecified atom stereocenters. The number of anilines is 3. The standard InChI is InChI=1S/C21H20ClFN4O3S/c1-26(2)20-19(5-4-12-24-20)25-21(28)17-13-16(10-11-18(17)22)31(29,30)27(3)15-8-6-14(23)7-9-15/h4-13H,1-3H3,(H,25,28). The van der Waals surface area contributed by atoms with Gasteiger partial charge in [0, 0.05) is 27.3 Å². The minimum atomic E-state index is -4.02. The predicted octanol–water partition coefficient (Wildman–Crippen LogP) is 4.02. The number of hydrogen-bond donors (Lipinski definition) is 1. The van der Waals surface area contributed by atoms with E-state index in [2.05, 4.69) is 10.3 Å². The summed E-state index contributed by atoms with van der Waals surface area (Å²) >= 11 is 6.19. The summed E-state index contributed by atoms with van der Waals surface area (Å²) in [5, 5.41) is 2.81. The van der Waals surface area contributed by atoms with E-state index in [4.69, 9.17) is 11.6 Å². The highest BCUT2D eigenvalue weighted by Gasteiger charge is 2.24. The molecule has 1 aromatic heterocycles. The van der Waals surface area contributed by atoms with E-state index in [0.717, 1.165) is 16.4 Å². The van der Waals surface area contributed by atoms with Gasteiger partial charge in [-0.05, 0) is 54.6 Å². The van der Waals surface area contributed by atoms with Crippen LogP contribution in [0.2, 0.25) is 5.02 Å². The number of nitrogens with one attached hydrogen (secondary N) is 1. The molecular formula is C21H20ClFN4O3S. The average Bonchev–Trinajstić information content (AvgIpc) is 2.74. The van der Waals surface area contributed by atoms with Gasteiger partial charge in [0.15, 0.2) is 5.82 Å². The Labute approximate surface area is 185 Å². The lowest BCUT2D eigenvalue weighted by atomic mass is 10.2. The van der Waals surface area contributed by atoms with Crippen LogP contribution in [0.15, 0.2) is 65.7 Å². The van der Waals surface area contributed by atoms with Crippen molar-refractivity contribution in [1.29, 1.82) is 0 Å². The summed E-state index contributed by atoms with van der Waals surface area (Å²) in [5.74, 6) is -0.526. The molecule has 0 atom stereocenters. The van der Waals surface area contributed by atoms with Crippen LogP contribution in [0, 0.1) is 5.82 Å². The van der Waals surface area contributed by atoms with E-state index in [9.17, 15) is 17.6 Å². The number of aromatic nitrogens is 1. The number of carbonyl (C=O) groups is 1. The Morgan fingerprint density at radius 1 is 1.06 bits per heavy atom. The first-order valence-corrected chi connectivity index (χ1v) is 10.9. The van der Waals surface area contributed by atoms with Crippen LogP contribution < -0.4 is 14.5 Å². The van der Waals surface area contributed by atoms with Gasteiger partial charge in [-0.2, -0.15) is 0 Å². The van der Waals surface area contributed by atoms with Crippen molar-refractivity contribution in [3.63, 3.8) is 0 Å². The van der Waals surface area contributed by atoms with Gasteiger partial charge in [0.25, 0.3) is 15.9 Å². The summed E-state index contributed by atoms with van der Waals surface area (Å²) in [5.41, 5.74) is 0.711. The minimum absolute atomic E-state index is 0.0104. The molecule has 1 heterocycles. The van der Waals surface area contributed by atoms with Crippen molar-refractivity contribution >= 4 is 44.7 Å². The number of rotatable bonds is 6. The molecule has 0 aliphatic heterocycles. The lowest BCUT2D eigenvalue weighted by Crippen LogP contribution is -2.27. The highest BCUT2D eigenvalue weighted by Crippen LogP contribution is 2.27. The van der Waals surface area contributed by atoms with E-state index in [1.54, 1.807) is 37.3 Å². The van der Waals surface area contributed by atoms with Gasteiger partial charge >= 0.3 is 0 Å². The van der Waals surface area contributed by atoms with E-state index in [1.165, 1.54) is 37.4 Å². The van der Waals surface area contributed by atoms with E-state index >= 15 is 0 Å². The second-order valence-electron chi connectivity index (χ2n) is 6.81. The van der Waals surface area contributed by atoms with Crippen LogP contribution in [0.3, 0.4) is 0 Å². The van der Waals surface area contributed by atoms with Gasteiger partial charge in [0.05, 0.1) is 26.9 Å². The van der Waals surface area contributed by atoms with Crippen LogP contribution in [-0.2, 0) is 10.0 Å². The molecule has 0 radical (unpaired) electrons. The molecular weight excluding hydrogens is 443 g/mol. The zero-order valence-corrected chi connectivity index (χ0v) is 18.6. The minimum Gasteiger partial charge on any atom is -0.361 e. The molecule has 0 saturated carbocycles. The molecule has 1 N–H and O–H groups in total. The van der Waals surface area contributed by atoms with Gasteiger partial charge in [-0.25, -0.2) is 17.8 Å². The Kier molecular flexibility index (Phi) is 6.47. The van der Waals surface area contributed by atoms with Crippen molar-refractivity contribution in [3.05, 3.63) is 77.2 Å². The first-order valence-electron chi connectivity index (χ1n) is 9.09. The second kappa shape index (κ2) is 8.91. The van der Waals surface area contributed by atoms with Crippen molar-refractivity contribution in [2.75, 3.05) is 35.7 Å². The van der Waals surface area contributed by atoms with Gasteiger partial charge in [-0.3, -0.25) is 9.10 Å². The second-order valence-corrected chi connectivity index (χ2v) is 9.19. The van der Waals surface area contributed by atoms with Crippen LogP contribution >= 0.6 is 11.6 Å². The van der Waals surface area contributed by atoms with E-state index in [-0.39, 0.29) is 21.2 Å². The fourth-order valence-corrected chi connectivity index (χ4v) is 4.25. The Morgan fingerprint density at radius 3 is 2.39 bits per heavy atom. The van der Waals surface area contributed by atoms with Crippen molar-refractivity contribution in [2.24, 2.45) is 0 Å². The fourth-order valence-electron chi connectivity index (χ4n) is 2.83. The molecule has 0 bridgehead atoms. The quantitative estimate of drug-likeness (QED) is 0.598. The van der Waals surface area contributed by atoms with Gasteiger partial charge in [-0.15, -0.1) is 0 Å². The molecule has 0 aliphatic carbocycles. The Bertz CT molecular complexity index is 1220. The van der Waals surface area contributed by atoms with Crippen LogP contribution in [0.25, 0.3) is 0 Å². The average molecular weight is 463 g/mol. The molecule has 1 amide bonds. The van der Waals surface area contributed by atoms with Crippen molar-refractivity contribution < 1.29 is 17.6 Å². The first kappa shape index (κ1) is 22.5. The number of halogens is 2. The smallest absolute Gasteiger partial charge is 0.264 e. The molecule has 2 aromatic carbocycles. The normalized spacial score (nSPS) is 11.1. The molecule has 162 valence electrons. The summed E-state index contributed by atoms with van der Waals surface area (Å²) < 4.78 is 40.3. The monoisotopic (exact) mass is 462 g/mol. The van der Waals surface area contributed by atoms with Crippen LogP contribution in [0.1, 0.15) is 10.4 Å². The maximum atomic E-state index is 13.2. The Morgan fingerprint density at radius 2 is 1.74 bits per heavy atom. The lowest BCUT2D eigenvalue weighted by Gasteiger charge is -2.20. The molecule has 0 spiro atoms. The van der Waals surface area contributed by atoms with Crippen LogP contribution in [0.5, 0.6) is 0 Å². The van der Waals surface area contributed by atoms with Crippen LogP contribution in [0.4, 0.5) is 21.6 Å². The molecule has 3 aromatic rings. The Balaban J connectivity index is 1.94. The number of pyridine rings is 1. The number of nitrogens with zero attached hydrogens (tertiary/aromatic N) is 3. The van der Waals surface area contributed by atoms with E-state index in [1.807, 2.05) is 0 Å². The molecule has 0 saturated heterocycles. The molecule has 7 nitrogen and oxygen atoms in total. The highest BCUT2D eigenvalue weighted by molar-refractivity contribution is 7.92. The molecule has 0 fully saturated rings. The maximum absolute atomic E-state index is 13.2. The topological polar surface area (TPSA) is 82.6 Å². The number of hydrogen-bond acceptors (Lipinski definition) is 5. The zero-order chi connectivity index (χ0) is 22.8. The molecule has 0 aliphatic rings. The number of amides is 1. The summed E-state index contributed by atoms with van der Waals surface area (Å²) in [6.45, 7) is 0. The summed E-state index contributed by atoms with van der Waals surface area (Å²) in [4.78, 5) is 18.7. The molecule has 31 heavy (non-hydrogen) atoms. The predicted molar refractivity (Wildman–Crippen MR) is 120 cm³/mol. The number of sulfonamides is 1.